The average molecular weight is 180 g/mol. The van der Waals surface area contributed by atoms with Crippen LogP contribution < -0.4 is 0 Å². The quantitative estimate of drug-likeness (QED) is 0.479. The zero-order valence-corrected chi connectivity index (χ0v) is 7.29. The largest absolute Gasteiger partial charge is 2.00 e. The number of benzene rings is 1. The molecule has 1 aromatic rings. The van der Waals surface area contributed by atoms with Crippen molar-refractivity contribution in [3.05, 3.63) is 45.2 Å². The molecule has 1 N–H and O–H groups in total. The molecule has 58 valence electrons. The summed E-state index contributed by atoms with van der Waals surface area (Å²) in [4.78, 5) is 0. The van der Waals surface area contributed by atoms with Gasteiger partial charge in [-0.05, 0) is 12.1 Å². The first-order valence-electron chi connectivity index (χ1n) is 2.13. The van der Waals surface area contributed by atoms with Gasteiger partial charge < -0.3 is 20.0 Å². The Hall–Kier alpha value is -0.461. The Morgan fingerprint density at radius 2 is 1.30 bits per heavy atom. The molecule has 0 bridgehead atoms. The fraction of sp³-hybridized carbons (Fsp3) is 0. The van der Waals surface area contributed by atoms with Gasteiger partial charge in [-0.2, -0.15) is 0 Å². The Bertz CT molecular complexity index is 139. The number of hydrogen-bond acceptors (Lipinski definition) is 1. The van der Waals surface area contributed by atoms with Crippen LogP contribution in [-0.4, -0.2) is 5.11 Å². The van der Waals surface area contributed by atoms with Crippen LogP contribution in [0.3, 0.4) is 0 Å². The second kappa shape index (κ2) is 8.54. The van der Waals surface area contributed by atoms with Gasteiger partial charge in [0.05, 0.1) is 0 Å². The fourth-order valence-electron chi connectivity index (χ4n) is 0.428. The van der Waals surface area contributed by atoms with Crippen molar-refractivity contribution in [3.63, 3.8) is 0 Å². The summed E-state index contributed by atoms with van der Waals surface area (Å²) in [5, 5.41) is 8.63. The van der Waals surface area contributed by atoms with Gasteiger partial charge in [0.1, 0.15) is 5.75 Å². The molecule has 0 aliphatic carbocycles. The minimum absolute atomic E-state index is 0. The van der Waals surface area contributed by atoms with Crippen LogP contribution in [0.1, 0.15) is 0 Å². The van der Waals surface area contributed by atoms with Gasteiger partial charge >= 0.3 is 17.1 Å². The zero-order chi connectivity index (χ0) is 5.11. The summed E-state index contributed by atoms with van der Waals surface area (Å²) in [6.07, 6.45) is 0. The molecule has 0 saturated carbocycles. The Morgan fingerprint density at radius 1 is 0.900 bits per heavy atom. The number of aromatic hydroxyl groups is 1. The topological polar surface area (TPSA) is 20.2 Å². The van der Waals surface area contributed by atoms with Crippen molar-refractivity contribution in [2.24, 2.45) is 0 Å². The van der Waals surface area contributed by atoms with E-state index in [9.17, 15) is 0 Å². The Kier molecular flexibility index (Phi) is 13.9. The summed E-state index contributed by atoms with van der Waals surface area (Å²) in [5.41, 5.74) is 0. The molecule has 10 heavy (non-hydrogen) atoms. The maximum Gasteiger partial charge on any atom is 2.00 e. The molecule has 0 unspecified atom stereocenters. The van der Waals surface area contributed by atoms with E-state index in [1.54, 1.807) is 24.3 Å². The van der Waals surface area contributed by atoms with E-state index in [-0.39, 0.29) is 31.9 Å². The Morgan fingerprint density at radius 3 is 1.50 bits per heavy atom. The third kappa shape index (κ3) is 5.67. The fourth-order valence-corrected chi connectivity index (χ4v) is 0.428. The number of phenolic OH excluding ortho intramolecular Hbond substituents is 1. The average Bonchev–Trinajstić information content (AvgIpc) is 1.69. The monoisotopic (exact) mass is 180 g/mol. The maximum absolute atomic E-state index is 8.63. The first kappa shape index (κ1) is 16.3. The van der Waals surface area contributed by atoms with Crippen molar-refractivity contribution in [1.82, 2.24) is 0 Å². The molecule has 0 heterocycles. The molecular formula is C8H12FeO. The summed E-state index contributed by atoms with van der Waals surface area (Å²) < 4.78 is 0. The summed E-state index contributed by atoms with van der Waals surface area (Å²) in [7, 11) is 0. The first-order chi connectivity index (χ1) is 3.39. The van der Waals surface area contributed by atoms with E-state index in [0.29, 0.717) is 5.75 Å². The second-order valence-electron chi connectivity index (χ2n) is 1.34. The van der Waals surface area contributed by atoms with Crippen molar-refractivity contribution in [2.75, 3.05) is 0 Å². The van der Waals surface area contributed by atoms with Crippen molar-refractivity contribution < 1.29 is 22.2 Å². The minimum atomic E-state index is 0. The number of hydrogen-bond donors (Lipinski definition) is 1. The summed E-state index contributed by atoms with van der Waals surface area (Å²) in [5.74, 6) is 0.322. The van der Waals surface area contributed by atoms with Crippen LogP contribution in [0.2, 0.25) is 0 Å². The predicted octanol–water partition coefficient (Wildman–Crippen LogP) is 2.29. The van der Waals surface area contributed by atoms with Crippen LogP contribution in [0.4, 0.5) is 0 Å². The molecule has 0 spiro atoms. The summed E-state index contributed by atoms with van der Waals surface area (Å²) in [6, 6.07) is 8.71. The first-order valence-corrected chi connectivity index (χ1v) is 2.13. The third-order valence-corrected chi connectivity index (χ3v) is 0.756. The van der Waals surface area contributed by atoms with E-state index >= 15 is 0 Å². The SMILES string of the molecule is Oc1ccccc1.[CH3-].[CH3-].[Fe+2]. The van der Waals surface area contributed by atoms with Gasteiger partial charge in [0.25, 0.3) is 0 Å². The van der Waals surface area contributed by atoms with E-state index in [0.717, 1.165) is 0 Å². The normalized spacial score (nSPS) is 6.00. The van der Waals surface area contributed by atoms with E-state index in [1.807, 2.05) is 6.07 Å². The Balaban J connectivity index is -0.000000163. The molecule has 1 rings (SSSR count). The number of rotatable bonds is 0. The van der Waals surface area contributed by atoms with Crippen LogP contribution >= 0.6 is 0 Å². The predicted molar refractivity (Wildman–Crippen MR) is 40.9 cm³/mol. The molecule has 0 radical (unpaired) electrons. The molecule has 2 heteroatoms. The molecule has 0 saturated heterocycles. The summed E-state index contributed by atoms with van der Waals surface area (Å²) in [6.45, 7) is 0. The summed E-state index contributed by atoms with van der Waals surface area (Å²) >= 11 is 0. The molecule has 1 nitrogen and oxygen atoms in total. The Labute approximate surface area is 73.6 Å². The maximum atomic E-state index is 8.63. The van der Waals surface area contributed by atoms with Crippen LogP contribution in [0.25, 0.3) is 0 Å². The van der Waals surface area contributed by atoms with Gasteiger partial charge in [-0.3, -0.25) is 0 Å². The number of phenols is 1. The zero-order valence-electron chi connectivity index (χ0n) is 6.19. The van der Waals surface area contributed by atoms with Gasteiger partial charge in [-0.25, -0.2) is 0 Å². The molecule has 0 amide bonds. The van der Waals surface area contributed by atoms with Crippen molar-refractivity contribution in [3.8, 4) is 5.75 Å². The van der Waals surface area contributed by atoms with E-state index in [2.05, 4.69) is 0 Å². The van der Waals surface area contributed by atoms with Crippen molar-refractivity contribution in [1.29, 1.82) is 0 Å². The molecule has 0 aromatic heterocycles. The van der Waals surface area contributed by atoms with Crippen molar-refractivity contribution >= 4 is 0 Å². The van der Waals surface area contributed by atoms with Gasteiger partial charge in [0.15, 0.2) is 0 Å². The van der Waals surface area contributed by atoms with Gasteiger partial charge in [0, 0.05) is 0 Å². The van der Waals surface area contributed by atoms with E-state index in [4.69, 9.17) is 5.11 Å². The third-order valence-electron chi connectivity index (χ3n) is 0.756. The molecule has 0 aliphatic rings. The van der Waals surface area contributed by atoms with Gasteiger partial charge in [0.2, 0.25) is 0 Å². The van der Waals surface area contributed by atoms with Crippen LogP contribution in [0.5, 0.6) is 5.75 Å². The van der Waals surface area contributed by atoms with E-state index in [1.165, 1.54) is 0 Å². The van der Waals surface area contributed by atoms with Crippen LogP contribution in [0, 0.1) is 14.9 Å². The molecule has 0 atom stereocenters. The molecule has 0 aliphatic heterocycles. The van der Waals surface area contributed by atoms with Gasteiger partial charge in [-0.1, -0.05) is 18.2 Å². The minimum Gasteiger partial charge on any atom is -0.508 e. The molecule has 1 aromatic carbocycles. The molecule has 0 fully saturated rings. The number of para-hydroxylation sites is 1. The van der Waals surface area contributed by atoms with E-state index < -0.39 is 0 Å². The van der Waals surface area contributed by atoms with Crippen LogP contribution in [-0.2, 0) is 17.1 Å². The van der Waals surface area contributed by atoms with Gasteiger partial charge in [-0.15, -0.1) is 0 Å². The smallest absolute Gasteiger partial charge is 0.508 e. The van der Waals surface area contributed by atoms with Crippen molar-refractivity contribution in [2.45, 2.75) is 0 Å². The second-order valence-corrected chi connectivity index (χ2v) is 1.34. The van der Waals surface area contributed by atoms with Crippen LogP contribution in [0.15, 0.2) is 30.3 Å². The molecular weight excluding hydrogens is 168 g/mol. The standard InChI is InChI=1S/C6H6O.2CH3.Fe/c7-6-4-2-1-3-5-6;;;/h1-5,7H;2*1H3;/q;2*-1;+2.